The van der Waals surface area contributed by atoms with Crippen LogP contribution < -0.4 is 16.4 Å². The van der Waals surface area contributed by atoms with E-state index in [4.69, 9.17) is 17.3 Å². The minimum absolute atomic E-state index is 0.122. The highest BCUT2D eigenvalue weighted by molar-refractivity contribution is 7.13. The Morgan fingerprint density at radius 1 is 1.10 bits per heavy atom. The topological polar surface area (TPSA) is 84.2 Å². The fraction of sp³-hybridized carbons (Fsp3) is 0.182. The van der Waals surface area contributed by atoms with Crippen molar-refractivity contribution < 1.29 is 9.59 Å². The number of amides is 2. The smallest absolute Gasteiger partial charge is 0.267 e. The quantitative estimate of drug-likeness (QED) is 0.531. The summed E-state index contributed by atoms with van der Waals surface area (Å²) in [6.45, 7) is 1.88. The van der Waals surface area contributed by atoms with Crippen LogP contribution in [0.5, 0.6) is 0 Å². The van der Waals surface area contributed by atoms with Crippen molar-refractivity contribution >= 4 is 46.1 Å². The number of nitrogens with two attached hydrogens (primary N) is 1. The van der Waals surface area contributed by atoms with E-state index in [0.29, 0.717) is 26.8 Å². The van der Waals surface area contributed by atoms with E-state index in [1.165, 1.54) is 11.3 Å². The highest BCUT2D eigenvalue weighted by Crippen LogP contribution is 2.35. The van der Waals surface area contributed by atoms with Crippen molar-refractivity contribution in [3.63, 3.8) is 0 Å². The molecule has 2 amide bonds. The van der Waals surface area contributed by atoms with Crippen molar-refractivity contribution in [3.05, 3.63) is 68.9 Å². The molecule has 2 aromatic carbocycles. The van der Waals surface area contributed by atoms with Crippen LogP contribution in [0.2, 0.25) is 5.02 Å². The molecule has 5 nitrogen and oxygen atoms in total. The van der Waals surface area contributed by atoms with Gasteiger partial charge < -0.3 is 16.4 Å². The van der Waals surface area contributed by atoms with Gasteiger partial charge in [0.05, 0.1) is 5.69 Å². The molecule has 0 unspecified atom stereocenters. The van der Waals surface area contributed by atoms with Crippen molar-refractivity contribution in [2.24, 2.45) is 0 Å². The number of benzene rings is 2. The molecule has 0 spiro atoms. The van der Waals surface area contributed by atoms with Crippen LogP contribution in [0.3, 0.4) is 0 Å². The molecule has 4 rings (SSSR count). The first kappa shape index (κ1) is 19.5. The first-order chi connectivity index (χ1) is 13.9. The van der Waals surface area contributed by atoms with Crippen LogP contribution in [0.1, 0.15) is 38.4 Å². The lowest BCUT2D eigenvalue weighted by atomic mass is 10.1. The van der Waals surface area contributed by atoms with Crippen molar-refractivity contribution in [2.45, 2.75) is 25.8 Å². The predicted molar refractivity (Wildman–Crippen MR) is 119 cm³/mol. The molecular formula is C22H20ClN3O2S. The average molecular weight is 426 g/mol. The maximum absolute atomic E-state index is 12.9. The second-order valence-electron chi connectivity index (χ2n) is 7.13. The number of carbonyl (C=O) groups excluding carboxylic acids is 2. The van der Waals surface area contributed by atoms with Crippen LogP contribution in [0, 0.1) is 6.92 Å². The number of halogens is 1. The van der Waals surface area contributed by atoms with Gasteiger partial charge in [0.15, 0.2) is 0 Å². The Morgan fingerprint density at radius 2 is 1.83 bits per heavy atom. The maximum atomic E-state index is 12.9. The number of carbonyl (C=O) groups is 2. The molecule has 0 bridgehead atoms. The van der Waals surface area contributed by atoms with Gasteiger partial charge in [0.2, 0.25) is 0 Å². The summed E-state index contributed by atoms with van der Waals surface area (Å²) in [6.07, 6.45) is 2.05. The third-order valence-corrected chi connectivity index (χ3v) is 6.10. The van der Waals surface area contributed by atoms with Gasteiger partial charge in [0.25, 0.3) is 11.8 Å². The Balaban J connectivity index is 1.55. The van der Waals surface area contributed by atoms with Crippen LogP contribution in [0.15, 0.2) is 47.8 Å². The molecule has 0 saturated heterocycles. The Bertz CT molecular complexity index is 1090. The summed E-state index contributed by atoms with van der Waals surface area (Å²) >= 11 is 7.23. The summed E-state index contributed by atoms with van der Waals surface area (Å²) in [5.74, 6) is -0.417. The normalized spacial score (nSPS) is 13.2. The number of thiophene rings is 1. The monoisotopic (exact) mass is 425 g/mol. The number of anilines is 2. The fourth-order valence-corrected chi connectivity index (χ4v) is 3.99. The number of nitrogen functional groups attached to an aromatic ring is 1. The van der Waals surface area contributed by atoms with E-state index in [-0.39, 0.29) is 17.9 Å². The minimum Gasteiger partial charge on any atom is -0.397 e. The van der Waals surface area contributed by atoms with Gasteiger partial charge in [-0.3, -0.25) is 9.59 Å². The SMILES string of the molecule is Cc1ccc(C(=O)NC2CC2)cc1NC(=O)c1scc(-c2ccc(Cl)cc2)c1N. The Hall–Kier alpha value is -2.83. The van der Waals surface area contributed by atoms with Gasteiger partial charge in [0.1, 0.15) is 4.88 Å². The highest BCUT2D eigenvalue weighted by Gasteiger charge is 2.24. The van der Waals surface area contributed by atoms with E-state index in [2.05, 4.69) is 10.6 Å². The molecular weight excluding hydrogens is 406 g/mol. The third kappa shape index (κ3) is 4.28. The molecule has 29 heavy (non-hydrogen) atoms. The van der Waals surface area contributed by atoms with Gasteiger partial charge in [0, 0.05) is 33.3 Å². The van der Waals surface area contributed by atoms with E-state index < -0.39 is 0 Å². The van der Waals surface area contributed by atoms with Crippen molar-refractivity contribution in [1.82, 2.24) is 5.32 Å². The molecule has 1 fully saturated rings. The lowest BCUT2D eigenvalue weighted by Gasteiger charge is -2.11. The van der Waals surface area contributed by atoms with Crippen LogP contribution >= 0.6 is 22.9 Å². The number of hydrogen-bond acceptors (Lipinski definition) is 4. The zero-order valence-electron chi connectivity index (χ0n) is 15.8. The van der Waals surface area contributed by atoms with Gasteiger partial charge in [-0.15, -0.1) is 11.3 Å². The van der Waals surface area contributed by atoms with E-state index in [1.54, 1.807) is 24.3 Å². The van der Waals surface area contributed by atoms with Gasteiger partial charge in [-0.1, -0.05) is 29.8 Å². The van der Waals surface area contributed by atoms with Crippen molar-refractivity contribution in [3.8, 4) is 11.1 Å². The summed E-state index contributed by atoms with van der Waals surface area (Å²) in [6, 6.07) is 12.9. The first-order valence-electron chi connectivity index (χ1n) is 9.28. The maximum Gasteiger partial charge on any atom is 0.267 e. The van der Waals surface area contributed by atoms with Gasteiger partial charge >= 0.3 is 0 Å². The lowest BCUT2D eigenvalue weighted by Crippen LogP contribution is -2.25. The van der Waals surface area contributed by atoms with E-state index in [9.17, 15) is 9.59 Å². The van der Waals surface area contributed by atoms with Crippen LogP contribution in [-0.4, -0.2) is 17.9 Å². The molecule has 3 aromatic rings. The Morgan fingerprint density at radius 3 is 2.52 bits per heavy atom. The number of rotatable bonds is 5. The summed E-state index contributed by atoms with van der Waals surface area (Å²) in [5, 5.41) is 8.35. The predicted octanol–water partition coefficient (Wildman–Crippen LogP) is 5.10. The number of nitrogens with one attached hydrogen (secondary N) is 2. The van der Waals surface area contributed by atoms with E-state index >= 15 is 0 Å². The fourth-order valence-electron chi connectivity index (χ4n) is 2.97. The number of aryl methyl sites for hydroxylation is 1. The van der Waals surface area contributed by atoms with Gasteiger partial charge in [-0.2, -0.15) is 0 Å². The number of hydrogen-bond donors (Lipinski definition) is 3. The summed E-state index contributed by atoms with van der Waals surface area (Å²) < 4.78 is 0. The molecule has 0 atom stereocenters. The van der Waals surface area contributed by atoms with Crippen LogP contribution in [-0.2, 0) is 0 Å². The third-order valence-electron chi connectivity index (χ3n) is 4.85. The van der Waals surface area contributed by atoms with Crippen LogP contribution in [0.4, 0.5) is 11.4 Å². The molecule has 1 saturated carbocycles. The largest absolute Gasteiger partial charge is 0.397 e. The second kappa shape index (κ2) is 7.89. The summed E-state index contributed by atoms with van der Waals surface area (Å²) in [5.41, 5.74) is 10.4. The molecule has 1 heterocycles. The minimum atomic E-state index is -0.296. The molecule has 1 aromatic heterocycles. The first-order valence-corrected chi connectivity index (χ1v) is 10.5. The van der Waals surface area contributed by atoms with Crippen molar-refractivity contribution in [2.75, 3.05) is 11.1 Å². The lowest BCUT2D eigenvalue weighted by molar-refractivity contribution is 0.0949. The van der Waals surface area contributed by atoms with Gasteiger partial charge in [-0.25, -0.2) is 0 Å². The Kier molecular flexibility index (Phi) is 5.30. The molecule has 7 heteroatoms. The molecule has 0 aliphatic heterocycles. The molecule has 1 aliphatic rings. The summed E-state index contributed by atoms with van der Waals surface area (Å²) in [4.78, 5) is 25.6. The zero-order valence-corrected chi connectivity index (χ0v) is 17.4. The molecule has 148 valence electrons. The van der Waals surface area contributed by atoms with E-state index in [1.807, 2.05) is 30.5 Å². The summed E-state index contributed by atoms with van der Waals surface area (Å²) in [7, 11) is 0. The van der Waals surface area contributed by atoms with E-state index in [0.717, 1.165) is 29.5 Å². The average Bonchev–Trinajstić information content (AvgIpc) is 3.43. The highest BCUT2D eigenvalue weighted by atomic mass is 35.5. The van der Waals surface area contributed by atoms with Crippen molar-refractivity contribution in [1.29, 1.82) is 0 Å². The Labute approximate surface area is 177 Å². The molecule has 4 N–H and O–H groups in total. The van der Waals surface area contributed by atoms with Crippen LogP contribution in [0.25, 0.3) is 11.1 Å². The second-order valence-corrected chi connectivity index (χ2v) is 8.45. The zero-order chi connectivity index (χ0) is 20.5. The molecule has 1 aliphatic carbocycles. The standard InChI is InChI=1S/C22H20ClN3O2S/c1-12-2-3-14(21(27)25-16-8-9-16)10-18(12)26-22(28)20-19(24)17(11-29-20)13-4-6-15(23)7-5-13/h2-7,10-11,16H,8-9,24H2,1H3,(H,25,27)(H,26,28). The van der Waals surface area contributed by atoms with Gasteiger partial charge in [-0.05, 0) is 55.2 Å². The molecule has 0 radical (unpaired) electrons.